The fourth-order valence-electron chi connectivity index (χ4n) is 7.45. The van der Waals surface area contributed by atoms with Crippen molar-refractivity contribution < 1.29 is 34.4 Å². The molecule has 4 N–H and O–H groups in total. The number of rotatable bonds is 9. The largest absolute Gasteiger partial charge is 0.507 e. The summed E-state index contributed by atoms with van der Waals surface area (Å²) in [5, 5.41) is 41.0. The Balaban J connectivity index is 1.33. The number of halogens is 1. The Hall–Kier alpha value is -3.47. The summed E-state index contributed by atoms with van der Waals surface area (Å²) < 4.78 is 7.07. The molecular formula is C35H36B2BrNO7. The van der Waals surface area contributed by atoms with Crippen LogP contribution in [0.1, 0.15) is 50.2 Å². The normalized spacial score (nSPS) is 23.1. The number of phenolic OH excluding ortho intramolecular Hbond substituents is 1. The number of benzene rings is 3. The van der Waals surface area contributed by atoms with Crippen LogP contribution in [0, 0.1) is 17.8 Å². The molecule has 0 unspecified atom stereocenters. The molecule has 0 bridgehead atoms. The number of anilines is 1. The molecule has 2 saturated heterocycles. The molecule has 1 aliphatic carbocycles. The number of hydrogen-bond acceptors (Lipinski definition) is 7. The molecule has 0 spiro atoms. The van der Waals surface area contributed by atoms with Gasteiger partial charge in [-0.2, -0.15) is 0 Å². The van der Waals surface area contributed by atoms with Crippen LogP contribution < -0.4 is 10.4 Å². The Morgan fingerprint density at radius 3 is 2.57 bits per heavy atom. The van der Waals surface area contributed by atoms with Crippen molar-refractivity contribution in [3.63, 3.8) is 0 Å². The molecule has 4 atom stereocenters. The smallest absolute Gasteiger partial charge is 0.488 e. The zero-order chi connectivity index (χ0) is 32.5. The Morgan fingerprint density at radius 1 is 1.04 bits per heavy atom. The Bertz CT molecular complexity index is 1700. The molecule has 0 saturated carbocycles. The highest BCUT2D eigenvalue weighted by Crippen LogP contribution is 2.52. The van der Waals surface area contributed by atoms with E-state index >= 15 is 0 Å². The van der Waals surface area contributed by atoms with E-state index in [2.05, 4.69) is 22.9 Å². The third-order valence-corrected chi connectivity index (χ3v) is 9.92. The molecule has 0 radical (unpaired) electrons. The standard InChI is InChI=1S/C35H36B2BrNO7/c1-2-7-23-18-28-33(35(42)39(34(28)41)27-11-6-10-25(19-27)37(44)45)29-20-36(43)46-31(32(23)29)15-12-22(21-8-4-3-5-9-21)16-24-17-26(38)13-14-30(24)40/h3-6,8-11,13-14,16-17,19,28-29,31,33,40,43-45H,2,7,12,15,18,20H2,1H3/b22-16-/t28-,29+,31-,33-/m1/s1. The van der Waals surface area contributed by atoms with Gasteiger partial charge in [0.15, 0.2) is 0 Å². The van der Waals surface area contributed by atoms with Crippen molar-refractivity contribution in [1.82, 2.24) is 0 Å². The minimum Gasteiger partial charge on any atom is -0.507 e. The van der Waals surface area contributed by atoms with Crippen LogP contribution in [0.3, 0.4) is 0 Å². The molecular weight excluding hydrogens is 648 g/mol. The Kier molecular flexibility index (Phi) is 9.68. The van der Waals surface area contributed by atoms with Gasteiger partial charge in [-0.25, -0.2) is 0 Å². The van der Waals surface area contributed by atoms with Gasteiger partial charge in [-0.15, -0.1) is 0 Å². The summed E-state index contributed by atoms with van der Waals surface area (Å²) in [7, 11) is -2.82. The first-order valence-corrected chi connectivity index (χ1v) is 16.6. The molecule has 236 valence electrons. The zero-order valence-corrected chi connectivity index (χ0v) is 27.1. The lowest BCUT2D eigenvalue weighted by Crippen LogP contribution is -2.46. The highest BCUT2D eigenvalue weighted by Gasteiger charge is 2.57. The molecule has 2 fully saturated rings. The van der Waals surface area contributed by atoms with Crippen molar-refractivity contribution in [1.29, 1.82) is 0 Å². The van der Waals surface area contributed by atoms with Crippen molar-refractivity contribution in [3.8, 4) is 5.75 Å². The predicted octanol–water partition coefficient (Wildman–Crippen LogP) is 4.96. The lowest BCUT2D eigenvalue weighted by atomic mass is 9.58. The topological polar surface area (TPSA) is 128 Å². The second kappa shape index (κ2) is 13.7. The van der Waals surface area contributed by atoms with Crippen LogP contribution in [0.5, 0.6) is 5.75 Å². The van der Waals surface area contributed by atoms with Gasteiger partial charge in [0, 0.05) is 10.0 Å². The van der Waals surface area contributed by atoms with Crippen LogP contribution in [-0.2, 0) is 14.2 Å². The molecule has 3 aliphatic rings. The number of amides is 2. The van der Waals surface area contributed by atoms with Crippen molar-refractivity contribution in [2.24, 2.45) is 17.8 Å². The van der Waals surface area contributed by atoms with Crippen molar-refractivity contribution in [3.05, 3.63) is 99.5 Å². The molecule has 2 amide bonds. The van der Waals surface area contributed by atoms with Crippen LogP contribution in [-0.4, -0.2) is 52.3 Å². The van der Waals surface area contributed by atoms with Gasteiger partial charge in [0.1, 0.15) is 5.75 Å². The van der Waals surface area contributed by atoms with Gasteiger partial charge < -0.3 is 24.8 Å². The fraction of sp³-hybridized carbons (Fsp3) is 0.314. The average Bonchev–Trinajstić information content (AvgIpc) is 3.30. The number of phenols is 1. The maximum atomic E-state index is 14.1. The van der Waals surface area contributed by atoms with Gasteiger partial charge in [0.2, 0.25) is 11.8 Å². The lowest BCUT2D eigenvalue weighted by molar-refractivity contribution is -0.122. The molecule has 2 heterocycles. The molecule has 46 heavy (non-hydrogen) atoms. The summed E-state index contributed by atoms with van der Waals surface area (Å²) in [4.78, 5) is 29.1. The number of imide groups is 1. The lowest BCUT2D eigenvalue weighted by Gasteiger charge is -2.43. The number of carbonyl (C=O) groups is 2. The summed E-state index contributed by atoms with van der Waals surface area (Å²) >= 11 is 3.50. The van der Waals surface area contributed by atoms with Crippen LogP contribution in [0.4, 0.5) is 5.69 Å². The molecule has 11 heteroatoms. The van der Waals surface area contributed by atoms with E-state index in [9.17, 15) is 29.8 Å². The summed E-state index contributed by atoms with van der Waals surface area (Å²) in [6, 6.07) is 21.4. The van der Waals surface area contributed by atoms with Gasteiger partial charge in [-0.05, 0) is 96.5 Å². The van der Waals surface area contributed by atoms with E-state index in [-0.39, 0.29) is 35.3 Å². The van der Waals surface area contributed by atoms with E-state index < -0.39 is 32.2 Å². The highest BCUT2D eigenvalue weighted by molar-refractivity contribution is 9.10. The summed E-state index contributed by atoms with van der Waals surface area (Å²) in [6.45, 7) is 2.09. The average molecular weight is 684 g/mol. The first-order valence-electron chi connectivity index (χ1n) is 15.8. The summed E-state index contributed by atoms with van der Waals surface area (Å²) in [5.74, 6) is -2.03. The summed E-state index contributed by atoms with van der Waals surface area (Å²) in [6.07, 6.45) is 4.90. The molecule has 6 rings (SSSR count). The van der Waals surface area contributed by atoms with E-state index in [1.54, 1.807) is 24.3 Å². The van der Waals surface area contributed by atoms with Crippen molar-refractivity contribution in [2.45, 2.75) is 51.5 Å². The van der Waals surface area contributed by atoms with E-state index in [0.29, 0.717) is 30.5 Å². The van der Waals surface area contributed by atoms with Crippen molar-refractivity contribution in [2.75, 3.05) is 4.90 Å². The van der Waals surface area contributed by atoms with Gasteiger partial charge >= 0.3 is 14.2 Å². The van der Waals surface area contributed by atoms with Crippen LogP contribution in [0.25, 0.3) is 11.6 Å². The molecule has 0 aromatic heterocycles. The number of carbonyl (C=O) groups excluding carboxylic acids is 2. The van der Waals surface area contributed by atoms with Gasteiger partial charge in [-0.3, -0.25) is 14.5 Å². The highest BCUT2D eigenvalue weighted by atomic mass is 79.9. The molecule has 2 aliphatic heterocycles. The minimum absolute atomic E-state index is 0.167. The molecule has 3 aromatic rings. The number of nitrogens with zero attached hydrogens (tertiary/aromatic N) is 1. The SMILES string of the molecule is CCCC1=C2[C@@H](CC/C(=C/c3cc(Br)ccc3O)c3ccccc3)OB(O)C[C@@H]2[C@@H]2C(=O)N(c3cccc(B(O)O)c3)C(=O)[C@@H]2C1. The van der Waals surface area contributed by atoms with Crippen molar-refractivity contribution >= 4 is 64.8 Å². The quantitative estimate of drug-likeness (QED) is 0.109. The molecule has 8 nitrogen and oxygen atoms in total. The Morgan fingerprint density at radius 2 is 1.83 bits per heavy atom. The zero-order valence-electron chi connectivity index (χ0n) is 25.6. The van der Waals surface area contributed by atoms with Gasteiger partial charge in [0.05, 0.1) is 23.6 Å². The maximum Gasteiger partial charge on any atom is 0.488 e. The first-order chi connectivity index (χ1) is 22.2. The number of aromatic hydroxyl groups is 1. The number of hydrogen-bond donors (Lipinski definition) is 4. The molecule has 3 aromatic carbocycles. The maximum absolute atomic E-state index is 14.1. The van der Waals surface area contributed by atoms with E-state index in [1.807, 2.05) is 42.5 Å². The monoisotopic (exact) mass is 683 g/mol. The Labute approximate surface area is 277 Å². The second-order valence-corrected chi connectivity index (χ2v) is 13.2. The first kappa shape index (κ1) is 32.5. The second-order valence-electron chi connectivity index (χ2n) is 12.3. The third kappa shape index (κ3) is 6.39. The fourth-order valence-corrected chi connectivity index (χ4v) is 7.83. The van der Waals surface area contributed by atoms with Gasteiger partial charge in [0.25, 0.3) is 0 Å². The number of allylic oxidation sites excluding steroid dienone is 2. The van der Waals surface area contributed by atoms with Crippen LogP contribution in [0.2, 0.25) is 6.32 Å². The van der Waals surface area contributed by atoms with Gasteiger partial charge in [-0.1, -0.05) is 77.3 Å². The van der Waals surface area contributed by atoms with Crippen LogP contribution in [0.15, 0.2) is 88.4 Å². The van der Waals surface area contributed by atoms with E-state index in [0.717, 1.165) is 39.6 Å². The third-order valence-electron chi connectivity index (χ3n) is 9.43. The number of fused-ring (bicyclic) bond motifs is 3. The van der Waals surface area contributed by atoms with E-state index in [4.69, 9.17) is 4.65 Å². The minimum atomic E-state index is -1.73. The predicted molar refractivity (Wildman–Crippen MR) is 183 cm³/mol. The van der Waals surface area contributed by atoms with E-state index in [1.165, 1.54) is 17.0 Å². The van der Waals surface area contributed by atoms with Crippen LogP contribution >= 0.6 is 15.9 Å². The summed E-state index contributed by atoms with van der Waals surface area (Å²) in [5.41, 5.74) is 5.31.